The van der Waals surface area contributed by atoms with Crippen LogP contribution in [0.4, 0.5) is 18.0 Å². The molecule has 0 bridgehead atoms. The van der Waals surface area contributed by atoms with Crippen LogP contribution < -0.4 is 5.73 Å². The van der Waals surface area contributed by atoms with E-state index in [-0.39, 0.29) is 24.6 Å². The van der Waals surface area contributed by atoms with E-state index in [2.05, 4.69) is 11.6 Å². The highest BCUT2D eigenvalue weighted by Gasteiger charge is 2.33. The molecule has 132 valence electrons. The number of halogens is 3. The van der Waals surface area contributed by atoms with Crippen LogP contribution in [-0.4, -0.2) is 46.7 Å². The Labute approximate surface area is 135 Å². The topological polar surface area (TPSA) is 120 Å². The Morgan fingerprint density at radius 1 is 1.46 bits per heavy atom. The van der Waals surface area contributed by atoms with Crippen molar-refractivity contribution in [3.05, 3.63) is 24.0 Å². The van der Waals surface area contributed by atoms with Gasteiger partial charge in [0.05, 0.1) is 0 Å². The molecule has 1 aliphatic carbocycles. The first-order valence-electron chi connectivity index (χ1n) is 6.92. The number of nitrogens with one attached hydrogen (secondary N) is 1. The molecule has 0 heterocycles. The molecule has 0 radical (unpaired) electrons. The van der Waals surface area contributed by atoms with Crippen LogP contribution in [0.1, 0.15) is 19.3 Å². The van der Waals surface area contributed by atoms with E-state index >= 15 is 0 Å². The van der Waals surface area contributed by atoms with Gasteiger partial charge >= 0.3 is 12.3 Å². The van der Waals surface area contributed by atoms with E-state index in [1.54, 1.807) is 0 Å². The number of allylic oxidation sites excluding steroid dienone is 2. The van der Waals surface area contributed by atoms with Crippen LogP contribution >= 0.6 is 0 Å². The van der Waals surface area contributed by atoms with Gasteiger partial charge in [-0.3, -0.25) is 10.3 Å². The summed E-state index contributed by atoms with van der Waals surface area (Å²) < 4.78 is 37.9. The number of rotatable bonds is 7. The van der Waals surface area contributed by atoms with Gasteiger partial charge in [-0.15, -0.1) is 0 Å². The first kappa shape index (κ1) is 19.4. The van der Waals surface area contributed by atoms with Gasteiger partial charge in [-0.1, -0.05) is 6.58 Å². The van der Waals surface area contributed by atoms with Crippen molar-refractivity contribution in [3.8, 4) is 0 Å². The van der Waals surface area contributed by atoms with Gasteiger partial charge in [0.15, 0.2) is 5.84 Å². The van der Waals surface area contributed by atoms with Crippen molar-refractivity contribution < 1.29 is 27.9 Å². The van der Waals surface area contributed by atoms with Crippen molar-refractivity contribution in [1.82, 2.24) is 4.90 Å². The maximum atomic E-state index is 12.6. The number of hydrogen-bond acceptors (Lipinski definition) is 5. The predicted octanol–water partition coefficient (Wildman–Crippen LogP) is 2.30. The Bertz CT molecular complexity index is 607. The second-order valence-corrected chi connectivity index (χ2v) is 5.10. The molecular formula is C14H17F3N4O3. The SMILES string of the molecule is C=C(/N=C(\C=C(/N)C(F)(F)F)C(=N)N(CCC=O)C(=O)O)C1CC1. The molecule has 0 aromatic carbocycles. The maximum absolute atomic E-state index is 12.6. The molecular weight excluding hydrogens is 329 g/mol. The van der Waals surface area contributed by atoms with E-state index in [1.165, 1.54) is 0 Å². The van der Waals surface area contributed by atoms with Crippen molar-refractivity contribution in [2.45, 2.75) is 25.4 Å². The third kappa shape index (κ3) is 5.52. The van der Waals surface area contributed by atoms with E-state index in [0.717, 1.165) is 12.8 Å². The van der Waals surface area contributed by atoms with Gasteiger partial charge in [0.2, 0.25) is 0 Å². The van der Waals surface area contributed by atoms with Gasteiger partial charge in [-0.05, 0) is 18.9 Å². The number of carbonyl (C=O) groups excluding carboxylic acids is 1. The van der Waals surface area contributed by atoms with Gasteiger partial charge in [0.25, 0.3) is 0 Å². The molecule has 0 aliphatic heterocycles. The van der Waals surface area contributed by atoms with E-state index in [0.29, 0.717) is 17.3 Å². The number of amidine groups is 1. The van der Waals surface area contributed by atoms with Gasteiger partial charge in [-0.25, -0.2) is 9.79 Å². The molecule has 7 nitrogen and oxygen atoms in total. The molecule has 1 fully saturated rings. The lowest BCUT2D eigenvalue weighted by molar-refractivity contribution is -0.107. The Morgan fingerprint density at radius 3 is 2.46 bits per heavy atom. The summed E-state index contributed by atoms with van der Waals surface area (Å²) in [5, 5.41) is 16.9. The Hall–Kier alpha value is -2.65. The number of hydrogen-bond donors (Lipinski definition) is 3. The summed E-state index contributed by atoms with van der Waals surface area (Å²) in [4.78, 5) is 25.9. The van der Waals surface area contributed by atoms with Crippen LogP contribution in [-0.2, 0) is 4.79 Å². The zero-order chi connectivity index (χ0) is 18.5. The summed E-state index contributed by atoms with van der Waals surface area (Å²) in [5.41, 5.74) is 3.10. The molecule has 4 N–H and O–H groups in total. The minimum atomic E-state index is -4.85. The van der Waals surface area contributed by atoms with Crippen LogP contribution in [0.15, 0.2) is 29.0 Å². The van der Waals surface area contributed by atoms with E-state index in [4.69, 9.17) is 16.2 Å². The van der Waals surface area contributed by atoms with Crippen molar-refractivity contribution in [1.29, 1.82) is 5.41 Å². The van der Waals surface area contributed by atoms with Gasteiger partial charge in [0.1, 0.15) is 17.7 Å². The molecule has 1 aliphatic rings. The lowest BCUT2D eigenvalue weighted by atomic mass is 10.2. The number of nitrogens with two attached hydrogens (primary N) is 1. The first-order valence-corrected chi connectivity index (χ1v) is 6.92. The number of nitrogens with zero attached hydrogens (tertiary/aromatic N) is 2. The number of carboxylic acid groups (broad SMARTS) is 1. The minimum absolute atomic E-state index is 0.00145. The third-order valence-corrected chi connectivity index (χ3v) is 3.15. The molecule has 10 heteroatoms. The van der Waals surface area contributed by atoms with Crippen LogP contribution in [0.2, 0.25) is 0 Å². The fraction of sp³-hybridized carbons (Fsp3) is 0.429. The Kier molecular flexibility index (Phi) is 6.27. The number of alkyl halides is 3. The predicted molar refractivity (Wildman–Crippen MR) is 80.8 cm³/mol. The lowest BCUT2D eigenvalue weighted by Crippen LogP contribution is -2.40. The van der Waals surface area contributed by atoms with Crippen LogP contribution in [0.3, 0.4) is 0 Å². The number of carbonyl (C=O) groups is 2. The van der Waals surface area contributed by atoms with Crippen LogP contribution in [0.5, 0.6) is 0 Å². The Balaban J connectivity index is 3.19. The average molecular weight is 346 g/mol. The molecule has 1 rings (SSSR count). The minimum Gasteiger partial charge on any atom is -0.465 e. The summed E-state index contributed by atoms with van der Waals surface area (Å²) in [6.45, 7) is 3.23. The number of aliphatic imine (C=N–C) groups is 1. The second-order valence-electron chi connectivity index (χ2n) is 5.10. The number of amides is 1. The number of aldehydes is 1. The summed E-state index contributed by atoms with van der Waals surface area (Å²) >= 11 is 0. The third-order valence-electron chi connectivity index (χ3n) is 3.15. The molecule has 1 amide bonds. The molecule has 0 aromatic heterocycles. The maximum Gasteiger partial charge on any atom is 0.430 e. The molecule has 1 saturated carbocycles. The zero-order valence-electron chi connectivity index (χ0n) is 12.6. The van der Waals surface area contributed by atoms with Crippen LogP contribution in [0.25, 0.3) is 0 Å². The summed E-state index contributed by atoms with van der Waals surface area (Å²) in [5.74, 6) is -0.806. The van der Waals surface area contributed by atoms with Gasteiger partial charge in [0, 0.05) is 24.6 Å². The Morgan fingerprint density at radius 2 is 2.04 bits per heavy atom. The van der Waals surface area contributed by atoms with E-state index in [9.17, 15) is 22.8 Å². The van der Waals surface area contributed by atoms with E-state index in [1.807, 2.05) is 0 Å². The van der Waals surface area contributed by atoms with E-state index < -0.39 is 29.5 Å². The van der Waals surface area contributed by atoms with Crippen molar-refractivity contribution >= 4 is 23.9 Å². The lowest BCUT2D eigenvalue weighted by Gasteiger charge is -2.19. The highest BCUT2D eigenvalue weighted by Crippen LogP contribution is 2.36. The smallest absolute Gasteiger partial charge is 0.430 e. The highest BCUT2D eigenvalue weighted by molar-refractivity contribution is 6.46. The van der Waals surface area contributed by atoms with Gasteiger partial charge in [-0.2, -0.15) is 13.2 Å². The van der Waals surface area contributed by atoms with Crippen molar-refractivity contribution in [3.63, 3.8) is 0 Å². The monoisotopic (exact) mass is 346 g/mol. The quantitative estimate of drug-likeness (QED) is 0.372. The molecule has 0 spiro atoms. The van der Waals surface area contributed by atoms with Crippen LogP contribution in [0, 0.1) is 11.3 Å². The summed E-state index contributed by atoms with van der Waals surface area (Å²) in [6, 6.07) is 0. The fourth-order valence-electron chi connectivity index (χ4n) is 1.67. The summed E-state index contributed by atoms with van der Waals surface area (Å²) in [7, 11) is 0. The van der Waals surface area contributed by atoms with Crippen molar-refractivity contribution in [2.75, 3.05) is 6.54 Å². The summed E-state index contributed by atoms with van der Waals surface area (Å²) in [6.07, 6.45) is -4.28. The molecule has 0 saturated heterocycles. The highest BCUT2D eigenvalue weighted by atomic mass is 19.4. The zero-order valence-corrected chi connectivity index (χ0v) is 12.6. The molecule has 24 heavy (non-hydrogen) atoms. The largest absolute Gasteiger partial charge is 0.465 e. The first-order chi connectivity index (χ1) is 11.1. The second kappa shape index (κ2) is 7.75. The average Bonchev–Trinajstić information content (AvgIpc) is 3.29. The standard InChI is InChI=1S/C14H17F3N4O3/c1-8(9-3-4-9)20-10(7-11(18)14(15,16)17)12(19)21(13(23)24)5-2-6-22/h6-7,9,19H,1-5,18H2,(H,23,24)/b11-7-,19-12?,20-10+. The van der Waals surface area contributed by atoms with Crippen molar-refractivity contribution in [2.24, 2.45) is 16.6 Å². The fourth-order valence-corrected chi connectivity index (χ4v) is 1.67. The molecule has 0 aromatic rings. The molecule has 0 atom stereocenters. The van der Waals surface area contributed by atoms with Gasteiger partial charge < -0.3 is 15.6 Å². The molecule has 0 unspecified atom stereocenters. The normalized spacial score (nSPS) is 15.8.